The fourth-order valence-electron chi connectivity index (χ4n) is 2.74. The van der Waals surface area contributed by atoms with Gasteiger partial charge in [0.15, 0.2) is 11.4 Å². The molecule has 0 saturated heterocycles. The van der Waals surface area contributed by atoms with Crippen molar-refractivity contribution in [2.45, 2.75) is 27.7 Å². The van der Waals surface area contributed by atoms with Gasteiger partial charge in [0.2, 0.25) is 0 Å². The van der Waals surface area contributed by atoms with Gasteiger partial charge < -0.3 is 14.8 Å². The number of nitrogens with zero attached hydrogens (tertiary/aromatic N) is 2. The summed E-state index contributed by atoms with van der Waals surface area (Å²) in [7, 11) is 0. The van der Waals surface area contributed by atoms with Gasteiger partial charge in [-0.3, -0.25) is 15.0 Å². The summed E-state index contributed by atoms with van der Waals surface area (Å²) in [6, 6.07) is 5.65. The Labute approximate surface area is 156 Å². The Hall–Kier alpha value is -3.36. The zero-order valence-corrected chi connectivity index (χ0v) is 15.6. The second kappa shape index (κ2) is 8.35. The number of non-ortho nitro benzene ring substituents is 1. The van der Waals surface area contributed by atoms with Gasteiger partial charge in [0.25, 0.3) is 5.69 Å². The summed E-state index contributed by atoms with van der Waals surface area (Å²) in [6.07, 6.45) is 0. The molecular weight excluding hydrogens is 354 g/mol. The highest BCUT2D eigenvalue weighted by molar-refractivity contribution is 6.03. The Morgan fingerprint density at radius 2 is 1.59 bits per heavy atom. The van der Waals surface area contributed by atoms with Crippen LogP contribution >= 0.6 is 0 Å². The predicted octanol–water partition coefficient (Wildman–Crippen LogP) is 2.59. The number of carbonyl (C=O) groups excluding carboxylic acids is 2. The molecule has 0 fully saturated rings. The van der Waals surface area contributed by atoms with E-state index in [-0.39, 0.29) is 36.0 Å². The molecule has 1 aliphatic rings. The van der Waals surface area contributed by atoms with Crippen LogP contribution in [0.3, 0.4) is 0 Å². The third-order valence-corrected chi connectivity index (χ3v) is 3.77. The van der Waals surface area contributed by atoms with Crippen LogP contribution in [-0.4, -0.2) is 30.1 Å². The van der Waals surface area contributed by atoms with Crippen LogP contribution in [0.1, 0.15) is 27.7 Å². The standard InChI is InChI=1S/C18H21N3O6/c1-5-26-17(22)15-11(3)19-12(4)16(18(23)27-6-2)20(15)13-8-7-9-14(10-13)21(24)25/h7-10,19H,5-6H2,1-4H3. The first kappa shape index (κ1) is 20.0. The smallest absolute Gasteiger partial charge is 0.357 e. The normalized spacial score (nSPS) is 14.0. The number of anilines is 1. The molecule has 0 saturated carbocycles. The van der Waals surface area contributed by atoms with Crippen LogP contribution in [0.2, 0.25) is 0 Å². The summed E-state index contributed by atoms with van der Waals surface area (Å²) in [5, 5.41) is 14.1. The molecule has 2 rings (SSSR count). The molecule has 1 heterocycles. The topological polar surface area (TPSA) is 111 Å². The van der Waals surface area contributed by atoms with Gasteiger partial charge in [-0.05, 0) is 33.8 Å². The molecule has 0 aromatic heterocycles. The molecule has 0 amide bonds. The molecule has 1 aromatic carbocycles. The van der Waals surface area contributed by atoms with Crippen LogP contribution in [0, 0.1) is 10.1 Å². The van der Waals surface area contributed by atoms with Crippen LogP contribution in [-0.2, 0) is 19.1 Å². The third-order valence-electron chi connectivity index (χ3n) is 3.77. The monoisotopic (exact) mass is 375 g/mol. The molecule has 0 bridgehead atoms. The number of rotatable bonds is 6. The number of nitrogens with one attached hydrogen (secondary N) is 1. The number of hydrogen-bond acceptors (Lipinski definition) is 8. The molecule has 1 aliphatic heterocycles. The van der Waals surface area contributed by atoms with Crippen molar-refractivity contribution in [2.24, 2.45) is 0 Å². The van der Waals surface area contributed by atoms with Crippen molar-refractivity contribution in [1.82, 2.24) is 5.32 Å². The molecule has 0 aliphatic carbocycles. The molecule has 27 heavy (non-hydrogen) atoms. The first-order valence-electron chi connectivity index (χ1n) is 8.39. The van der Waals surface area contributed by atoms with Crippen molar-refractivity contribution < 1.29 is 24.0 Å². The average molecular weight is 375 g/mol. The van der Waals surface area contributed by atoms with Crippen molar-refractivity contribution in [3.63, 3.8) is 0 Å². The molecule has 9 nitrogen and oxygen atoms in total. The van der Waals surface area contributed by atoms with Gasteiger partial charge in [-0.1, -0.05) is 6.07 Å². The quantitative estimate of drug-likeness (QED) is 0.459. The van der Waals surface area contributed by atoms with Gasteiger partial charge in [-0.15, -0.1) is 0 Å². The highest BCUT2D eigenvalue weighted by Crippen LogP contribution is 2.33. The Balaban J connectivity index is 2.68. The summed E-state index contributed by atoms with van der Waals surface area (Å²) in [6.45, 7) is 6.90. The fourth-order valence-corrected chi connectivity index (χ4v) is 2.74. The summed E-state index contributed by atoms with van der Waals surface area (Å²) in [5.74, 6) is -1.33. The van der Waals surface area contributed by atoms with Crippen LogP contribution in [0.25, 0.3) is 0 Å². The lowest BCUT2D eigenvalue weighted by atomic mass is 10.1. The summed E-state index contributed by atoms with van der Waals surface area (Å²) in [4.78, 5) is 37.1. The lowest BCUT2D eigenvalue weighted by Gasteiger charge is -2.34. The van der Waals surface area contributed by atoms with Crippen molar-refractivity contribution in [3.8, 4) is 0 Å². The second-order valence-corrected chi connectivity index (χ2v) is 5.63. The van der Waals surface area contributed by atoms with Gasteiger partial charge in [0, 0.05) is 23.5 Å². The molecule has 0 radical (unpaired) electrons. The molecule has 0 atom stereocenters. The summed E-state index contributed by atoms with van der Waals surface area (Å²) in [5.41, 5.74) is 1.12. The molecule has 144 valence electrons. The zero-order valence-electron chi connectivity index (χ0n) is 15.6. The minimum Gasteiger partial charge on any atom is -0.461 e. The lowest BCUT2D eigenvalue weighted by Crippen LogP contribution is -2.41. The van der Waals surface area contributed by atoms with E-state index in [1.165, 1.54) is 23.1 Å². The predicted molar refractivity (Wildman–Crippen MR) is 97.4 cm³/mol. The maximum atomic E-state index is 12.6. The van der Waals surface area contributed by atoms with Gasteiger partial charge in [-0.2, -0.15) is 0 Å². The Kier molecular flexibility index (Phi) is 6.17. The first-order valence-corrected chi connectivity index (χ1v) is 8.39. The number of allylic oxidation sites excluding steroid dienone is 2. The summed E-state index contributed by atoms with van der Waals surface area (Å²) < 4.78 is 10.2. The number of benzene rings is 1. The van der Waals surface area contributed by atoms with Gasteiger partial charge in [0.05, 0.1) is 23.8 Å². The maximum Gasteiger partial charge on any atom is 0.357 e. The van der Waals surface area contributed by atoms with E-state index in [4.69, 9.17) is 9.47 Å². The SMILES string of the molecule is CCOC(=O)C1=C(C)NC(C)=C(C(=O)OCC)N1c1cccc([N+](=O)[O-])c1. The minimum absolute atomic E-state index is 0.0611. The van der Waals surface area contributed by atoms with Gasteiger partial charge in [0.1, 0.15) is 0 Å². The number of carbonyl (C=O) groups is 2. The van der Waals surface area contributed by atoms with Crippen LogP contribution in [0.5, 0.6) is 0 Å². The van der Waals surface area contributed by atoms with Crippen LogP contribution < -0.4 is 10.2 Å². The lowest BCUT2D eigenvalue weighted by molar-refractivity contribution is -0.384. The minimum atomic E-state index is -0.664. The van der Waals surface area contributed by atoms with E-state index >= 15 is 0 Å². The van der Waals surface area contributed by atoms with E-state index in [1.807, 2.05) is 0 Å². The van der Waals surface area contributed by atoms with E-state index in [0.29, 0.717) is 11.4 Å². The maximum absolute atomic E-state index is 12.6. The second-order valence-electron chi connectivity index (χ2n) is 5.63. The van der Waals surface area contributed by atoms with E-state index in [2.05, 4.69) is 5.32 Å². The van der Waals surface area contributed by atoms with Gasteiger partial charge >= 0.3 is 11.9 Å². The Morgan fingerprint density at radius 1 is 1.07 bits per heavy atom. The number of ether oxygens (including phenoxy) is 2. The van der Waals surface area contributed by atoms with Crippen molar-refractivity contribution in [3.05, 3.63) is 57.2 Å². The Bertz CT molecular complexity index is 803. The van der Waals surface area contributed by atoms with E-state index in [9.17, 15) is 19.7 Å². The molecule has 0 spiro atoms. The first-order chi connectivity index (χ1) is 12.8. The number of esters is 2. The number of nitro benzene ring substituents is 1. The van der Waals surface area contributed by atoms with Crippen LogP contribution in [0.15, 0.2) is 47.1 Å². The fraction of sp³-hybridized carbons (Fsp3) is 0.333. The number of nitro groups is 1. The molecular formula is C18H21N3O6. The third kappa shape index (κ3) is 4.08. The zero-order chi connectivity index (χ0) is 20.1. The average Bonchev–Trinajstić information content (AvgIpc) is 2.61. The van der Waals surface area contributed by atoms with Crippen LogP contribution in [0.4, 0.5) is 11.4 Å². The molecule has 0 unspecified atom stereocenters. The van der Waals surface area contributed by atoms with E-state index in [0.717, 1.165) is 0 Å². The number of hydrogen-bond donors (Lipinski definition) is 1. The highest BCUT2D eigenvalue weighted by Gasteiger charge is 2.35. The summed E-state index contributed by atoms with van der Waals surface area (Å²) >= 11 is 0. The van der Waals surface area contributed by atoms with E-state index < -0.39 is 16.9 Å². The molecule has 1 N–H and O–H groups in total. The van der Waals surface area contributed by atoms with E-state index in [1.54, 1.807) is 33.8 Å². The molecule has 1 aromatic rings. The Morgan fingerprint density at radius 3 is 2.04 bits per heavy atom. The largest absolute Gasteiger partial charge is 0.461 e. The van der Waals surface area contributed by atoms with Gasteiger partial charge in [-0.25, -0.2) is 9.59 Å². The molecule has 9 heteroatoms. The van der Waals surface area contributed by atoms with Crippen molar-refractivity contribution in [1.29, 1.82) is 0 Å². The van der Waals surface area contributed by atoms with Crippen molar-refractivity contribution >= 4 is 23.3 Å². The van der Waals surface area contributed by atoms with Crippen molar-refractivity contribution in [2.75, 3.05) is 18.1 Å². The highest BCUT2D eigenvalue weighted by atomic mass is 16.6.